The normalized spacial score (nSPS) is 30.0. The lowest BCUT2D eigenvalue weighted by Gasteiger charge is -2.54. The van der Waals surface area contributed by atoms with E-state index in [1.54, 1.807) is 19.2 Å². The molecule has 0 saturated heterocycles. The van der Waals surface area contributed by atoms with Gasteiger partial charge in [-0.1, -0.05) is 11.8 Å². The molecule has 2 aromatic rings. The molecule has 4 saturated carbocycles. The summed E-state index contributed by atoms with van der Waals surface area (Å²) in [6.45, 7) is 0. The minimum atomic E-state index is -0.897. The number of carboxylic acids is 1. The molecule has 0 radical (unpaired) electrons. The Kier molecular flexibility index (Phi) is 4.44. The second kappa shape index (κ2) is 6.97. The molecule has 1 aromatic heterocycles. The Morgan fingerprint density at radius 2 is 1.75 bits per heavy atom. The number of carboxylic acid groups (broad SMARTS) is 1. The molecule has 0 amide bonds. The minimum Gasteiger partial charge on any atom is -0.496 e. The number of hydrogen-bond donors (Lipinski definition) is 1. The standard InChI is InChI=1S/C24H24O3S/c1-27-21-6-3-14(2-4-19-5-7-22(28-19)24(25)26)13-20(21)23-17-9-15-8-16(11-17)12-18(23)10-15/h3,5-7,13,15-18,23H,8-12H2,1H3,(H,25,26). The van der Waals surface area contributed by atoms with E-state index in [0.29, 0.717) is 10.8 Å². The molecule has 0 aliphatic heterocycles. The summed E-state index contributed by atoms with van der Waals surface area (Å²) in [4.78, 5) is 12.2. The van der Waals surface area contributed by atoms with Crippen LogP contribution in [0, 0.1) is 35.5 Å². The Balaban J connectivity index is 1.46. The Hall–Kier alpha value is -2.25. The molecule has 1 heterocycles. The van der Waals surface area contributed by atoms with Crippen molar-refractivity contribution in [3.05, 3.63) is 51.2 Å². The highest BCUT2D eigenvalue weighted by molar-refractivity contribution is 7.14. The van der Waals surface area contributed by atoms with E-state index in [1.165, 1.54) is 49.0 Å². The molecule has 4 bridgehead atoms. The van der Waals surface area contributed by atoms with Gasteiger partial charge >= 0.3 is 5.97 Å². The van der Waals surface area contributed by atoms with Crippen LogP contribution in [0.4, 0.5) is 0 Å². The van der Waals surface area contributed by atoms with Crippen LogP contribution in [0.15, 0.2) is 30.3 Å². The average Bonchev–Trinajstić information content (AvgIpc) is 3.15. The number of rotatable bonds is 3. The summed E-state index contributed by atoms with van der Waals surface area (Å²) in [6, 6.07) is 9.69. The first kappa shape index (κ1) is 17.8. The van der Waals surface area contributed by atoms with E-state index in [-0.39, 0.29) is 0 Å². The van der Waals surface area contributed by atoms with E-state index in [2.05, 4.69) is 24.0 Å². The summed E-state index contributed by atoms with van der Waals surface area (Å²) < 4.78 is 5.74. The lowest BCUT2D eigenvalue weighted by molar-refractivity contribution is -0.00347. The first-order chi connectivity index (χ1) is 13.6. The topological polar surface area (TPSA) is 46.5 Å². The third-order valence-electron chi connectivity index (χ3n) is 6.96. The number of hydrogen-bond acceptors (Lipinski definition) is 3. The van der Waals surface area contributed by atoms with E-state index in [0.717, 1.165) is 39.9 Å². The van der Waals surface area contributed by atoms with Crippen molar-refractivity contribution < 1.29 is 14.6 Å². The molecule has 4 aliphatic carbocycles. The quantitative estimate of drug-likeness (QED) is 0.712. The first-order valence-corrected chi connectivity index (χ1v) is 11.0. The second-order valence-corrected chi connectivity index (χ2v) is 9.72. The van der Waals surface area contributed by atoms with Gasteiger partial charge in [0.25, 0.3) is 0 Å². The van der Waals surface area contributed by atoms with Gasteiger partial charge in [-0.25, -0.2) is 4.79 Å². The number of methoxy groups -OCH3 is 1. The zero-order chi connectivity index (χ0) is 19.3. The molecule has 4 heteroatoms. The van der Waals surface area contributed by atoms with Crippen molar-refractivity contribution in [3.63, 3.8) is 0 Å². The smallest absolute Gasteiger partial charge is 0.345 e. The summed E-state index contributed by atoms with van der Waals surface area (Å²) in [5, 5.41) is 9.07. The van der Waals surface area contributed by atoms with E-state index in [4.69, 9.17) is 9.84 Å². The van der Waals surface area contributed by atoms with E-state index in [9.17, 15) is 4.79 Å². The number of carbonyl (C=O) groups is 1. The van der Waals surface area contributed by atoms with Crippen molar-refractivity contribution in [2.24, 2.45) is 23.7 Å². The molecule has 6 rings (SSSR count). The maximum atomic E-state index is 11.0. The molecule has 1 N–H and O–H groups in total. The van der Waals surface area contributed by atoms with Crippen molar-refractivity contribution in [2.45, 2.75) is 38.0 Å². The summed E-state index contributed by atoms with van der Waals surface area (Å²) in [5.41, 5.74) is 2.32. The minimum absolute atomic E-state index is 0.327. The van der Waals surface area contributed by atoms with E-state index >= 15 is 0 Å². The fraction of sp³-hybridized carbons (Fsp3) is 0.458. The van der Waals surface area contributed by atoms with Crippen LogP contribution in [0.25, 0.3) is 0 Å². The van der Waals surface area contributed by atoms with Crippen LogP contribution >= 0.6 is 11.3 Å². The Labute approximate surface area is 169 Å². The van der Waals surface area contributed by atoms with Crippen LogP contribution in [0.3, 0.4) is 0 Å². The molecular weight excluding hydrogens is 368 g/mol. The van der Waals surface area contributed by atoms with Gasteiger partial charge in [-0.15, -0.1) is 11.3 Å². The molecule has 0 atom stereocenters. The zero-order valence-corrected chi connectivity index (χ0v) is 16.8. The largest absolute Gasteiger partial charge is 0.496 e. The highest BCUT2D eigenvalue weighted by atomic mass is 32.1. The predicted octanol–water partition coefficient (Wildman–Crippen LogP) is 5.39. The summed E-state index contributed by atoms with van der Waals surface area (Å²) >= 11 is 1.22. The number of benzene rings is 1. The molecule has 28 heavy (non-hydrogen) atoms. The summed E-state index contributed by atoms with van der Waals surface area (Å²) in [5.74, 6) is 10.6. The SMILES string of the molecule is COc1ccc(C#Cc2ccc(C(=O)O)s2)cc1C1C2CC3CC(C2)CC1C3. The number of thiophene rings is 1. The van der Waals surface area contributed by atoms with Gasteiger partial charge in [0.15, 0.2) is 0 Å². The third-order valence-corrected chi connectivity index (χ3v) is 7.95. The highest BCUT2D eigenvalue weighted by Gasteiger charge is 2.49. The van der Waals surface area contributed by atoms with Crippen molar-refractivity contribution in [2.75, 3.05) is 7.11 Å². The van der Waals surface area contributed by atoms with Crippen molar-refractivity contribution in [1.29, 1.82) is 0 Å². The lowest BCUT2D eigenvalue weighted by atomic mass is 9.50. The second-order valence-electron chi connectivity index (χ2n) is 8.63. The summed E-state index contributed by atoms with van der Waals surface area (Å²) in [6.07, 6.45) is 6.98. The van der Waals surface area contributed by atoms with Gasteiger partial charge in [-0.3, -0.25) is 0 Å². The van der Waals surface area contributed by atoms with Crippen molar-refractivity contribution in [3.8, 4) is 17.6 Å². The zero-order valence-electron chi connectivity index (χ0n) is 16.0. The maximum absolute atomic E-state index is 11.0. The molecule has 1 aromatic carbocycles. The highest BCUT2D eigenvalue weighted by Crippen LogP contribution is 2.60. The van der Waals surface area contributed by atoms with E-state index < -0.39 is 5.97 Å². The Morgan fingerprint density at radius 3 is 2.36 bits per heavy atom. The van der Waals surface area contributed by atoms with Crippen molar-refractivity contribution in [1.82, 2.24) is 0 Å². The molecule has 4 fully saturated rings. The molecule has 0 unspecified atom stereocenters. The fourth-order valence-corrected chi connectivity index (χ4v) is 6.86. The summed E-state index contributed by atoms with van der Waals surface area (Å²) in [7, 11) is 1.76. The fourth-order valence-electron chi connectivity index (χ4n) is 6.16. The molecule has 144 valence electrons. The average molecular weight is 393 g/mol. The Morgan fingerprint density at radius 1 is 1.04 bits per heavy atom. The van der Waals surface area contributed by atoms with Crippen LogP contribution in [0.1, 0.15) is 63.7 Å². The van der Waals surface area contributed by atoms with Crippen LogP contribution in [-0.4, -0.2) is 18.2 Å². The first-order valence-electron chi connectivity index (χ1n) is 10.1. The monoisotopic (exact) mass is 392 g/mol. The molecular formula is C24H24O3S. The van der Waals surface area contributed by atoms with Gasteiger partial charge in [-0.05, 0) is 97.6 Å². The van der Waals surface area contributed by atoms with Crippen LogP contribution < -0.4 is 4.74 Å². The van der Waals surface area contributed by atoms with Crippen LogP contribution in [0.5, 0.6) is 5.75 Å². The number of aromatic carboxylic acids is 1. The molecule has 0 spiro atoms. The lowest BCUT2D eigenvalue weighted by Crippen LogP contribution is -2.43. The molecule has 3 nitrogen and oxygen atoms in total. The number of ether oxygens (including phenoxy) is 1. The van der Waals surface area contributed by atoms with Crippen LogP contribution in [-0.2, 0) is 0 Å². The van der Waals surface area contributed by atoms with Gasteiger partial charge in [0.2, 0.25) is 0 Å². The van der Waals surface area contributed by atoms with Crippen LogP contribution in [0.2, 0.25) is 0 Å². The van der Waals surface area contributed by atoms with Gasteiger partial charge < -0.3 is 9.84 Å². The van der Waals surface area contributed by atoms with Crippen molar-refractivity contribution >= 4 is 17.3 Å². The third kappa shape index (κ3) is 3.12. The molecule has 4 aliphatic rings. The van der Waals surface area contributed by atoms with Gasteiger partial charge in [0.1, 0.15) is 10.6 Å². The van der Waals surface area contributed by atoms with Gasteiger partial charge in [0.05, 0.1) is 12.0 Å². The predicted molar refractivity (Wildman–Crippen MR) is 110 cm³/mol. The maximum Gasteiger partial charge on any atom is 0.345 e. The van der Waals surface area contributed by atoms with Gasteiger partial charge in [0, 0.05) is 5.56 Å². The van der Waals surface area contributed by atoms with E-state index in [1.807, 2.05) is 6.07 Å². The Bertz CT molecular complexity index is 949. The van der Waals surface area contributed by atoms with Gasteiger partial charge in [-0.2, -0.15) is 0 Å².